The van der Waals surface area contributed by atoms with E-state index < -0.39 is 12.7 Å². The molecule has 2 heterocycles. The normalized spacial score (nSPS) is 17.3. The molecule has 0 aliphatic heterocycles. The number of aromatic nitrogens is 3. The van der Waals surface area contributed by atoms with Crippen molar-refractivity contribution >= 4 is 11.7 Å². The monoisotopic (exact) mass is 467 g/mol. The Morgan fingerprint density at radius 3 is 2.79 bits per heavy atom. The van der Waals surface area contributed by atoms with Crippen molar-refractivity contribution in [3.05, 3.63) is 64.7 Å². The molecule has 4 N–H and O–H groups in total. The molecule has 1 aliphatic rings. The molecule has 4 rings (SSSR count). The number of methoxy groups -OCH3 is 1. The van der Waals surface area contributed by atoms with Gasteiger partial charge in [-0.2, -0.15) is 0 Å². The number of halogens is 1. The van der Waals surface area contributed by atoms with Crippen molar-refractivity contribution < 1.29 is 24.2 Å². The van der Waals surface area contributed by atoms with Gasteiger partial charge in [-0.05, 0) is 43.0 Å². The molecular weight excluding hydrogens is 441 g/mol. The highest BCUT2D eigenvalue weighted by molar-refractivity contribution is 6.03. The van der Waals surface area contributed by atoms with Gasteiger partial charge in [0.05, 0.1) is 36.5 Å². The highest BCUT2D eigenvalue weighted by Crippen LogP contribution is 2.38. The maximum absolute atomic E-state index is 14.3. The lowest BCUT2D eigenvalue weighted by molar-refractivity contribution is 0.00812. The largest absolute Gasteiger partial charge is 0.481 e. The molecule has 2 aromatic heterocycles. The maximum atomic E-state index is 14.3. The quantitative estimate of drug-likeness (QED) is 0.451. The fourth-order valence-electron chi connectivity index (χ4n) is 4.16. The van der Waals surface area contributed by atoms with E-state index in [1.807, 2.05) is 6.92 Å². The Morgan fingerprint density at radius 2 is 2.03 bits per heavy atom. The van der Waals surface area contributed by atoms with Gasteiger partial charge in [-0.25, -0.2) is 19.3 Å². The second-order valence-electron chi connectivity index (χ2n) is 8.06. The number of hydrogen-bond donors (Lipinski definition) is 3. The minimum Gasteiger partial charge on any atom is -0.481 e. The summed E-state index contributed by atoms with van der Waals surface area (Å²) in [4.78, 5) is 18.5. The second-order valence-corrected chi connectivity index (χ2v) is 8.06. The van der Waals surface area contributed by atoms with Crippen molar-refractivity contribution in [2.75, 3.05) is 26.1 Å². The minimum absolute atomic E-state index is 0.130. The van der Waals surface area contributed by atoms with Gasteiger partial charge in [0.2, 0.25) is 11.8 Å². The lowest BCUT2D eigenvalue weighted by Gasteiger charge is -2.28. The number of rotatable bonds is 7. The highest BCUT2D eigenvalue weighted by Gasteiger charge is 2.31. The number of nitrogens with zero attached hydrogens (tertiary/aromatic N) is 4. The Hall–Kier alpha value is -3.63. The number of anilines is 1. The summed E-state index contributed by atoms with van der Waals surface area (Å²) in [5, 5.41) is 22.9. The summed E-state index contributed by atoms with van der Waals surface area (Å²) in [5.74, 6) is 0.0738. The van der Waals surface area contributed by atoms with Crippen LogP contribution in [0.25, 0.3) is 11.3 Å². The van der Waals surface area contributed by atoms with Crippen LogP contribution in [0.4, 0.5) is 10.3 Å². The number of nitrogens with two attached hydrogens (primary N) is 1. The van der Waals surface area contributed by atoms with Gasteiger partial charge in [-0.3, -0.25) is 0 Å². The highest BCUT2D eigenvalue weighted by atomic mass is 19.1. The molecule has 1 aromatic carbocycles. The Kier molecular flexibility index (Phi) is 6.99. The van der Waals surface area contributed by atoms with Gasteiger partial charge in [0.25, 0.3) is 0 Å². The number of hydrogen-bond acceptors (Lipinski definition) is 9. The number of fused-ring (bicyclic) bond motifs is 1. The first-order valence-electron chi connectivity index (χ1n) is 10.8. The van der Waals surface area contributed by atoms with Crippen LogP contribution in [-0.4, -0.2) is 57.3 Å². The van der Waals surface area contributed by atoms with E-state index in [0.717, 1.165) is 11.1 Å². The number of aliphatic hydroxyl groups is 2. The first-order valence-corrected chi connectivity index (χ1v) is 10.8. The molecule has 3 aromatic rings. The van der Waals surface area contributed by atoms with Crippen molar-refractivity contribution in [2.45, 2.75) is 31.8 Å². The predicted octanol–water partition coefficient (Wildman–Crippen LogP) is 2.38. The average Bonchev–Trinajstić information content (AvgIpc) is 2.83. The number of ether oxygens (including phenoxy) is 1. The van der Waals surface area contributed by atoms with Crippen LogP contribution in [0.15, 0.2) is 41.6 Å². The van der Waals surface area contributed by atoms with Crippen molar-refractivity contribution in [1.29, 1.82) is 0 Å². The van der Waals surface area contributed by atoms with Crippen molar-refractivity contribution in [2.24, 2.45) is 5.16 Å². The van der Waals surface area contributed by atoms with Gasteiger partial charge in [-0.15, -0.1) is 0 Å². The molecule has 0 fully saturated rings. The van der Waals surface area contributed by atoms with Crippen LogP contribution in [0.1, 0.15) is 34.9 Å². The molecule has 10 heteroatoms. The van der Waals surface area contributed by atoms with Gasteiger partial charge >= 0.3 is 0 Å². The van der Waals surface area contributed by atoms with E-state index in [9.17, 15) is 9.50 Å². The fourth-order valence-corrected chi connectivity index (χ4v) is 4.16. The molecule has 34 heavy (non-hydrogen) atoms. The summed E-state index contributed by atoms with van der Waals surface area (Å²) in [7, 11) is 1.53. The zero-order chi connectivity index (χ0) is 24.2. The third-order valence-corrected chi connectivity index (χ3v) is 5.67. The lowest BCUT2D eigenvalue weighted by Crippen LogP contribution is -2.25. The van der Waals surface area contributed by atoms with Crippen LogP contribution in [0.2, 0.25) is 0 Å². The topological polar surface area (TPSA) is 136 Å². The summed E-state index contributed by atoms with van der Waals surface area (Å²) in [6.07, 6.45) is -0.0577. The number of nitrogen functional groups attached to an aromatic ring is 1. The number of oxime groups is 1. The smallest absolute Gasteiger partial charge is 0.220 e. The molecule has 1 aliphatic carbocycles. The number of benzene rings is 1. The minimum atomic E-state index is -1.05. The second kappa shape index (κ2) is 10.1. The summed E-state index contributed by atoms with van der Waals surface area (Å²) in [5.41, 5.74) is 10.7. The molecule has 0 radical (unpaired) electrons. The average molecular weight is 468 g/mol. The molecule has 0 amide bonds. The number of aliphatic hydroxyl groups excluding tert-OH is 2. The van der Waals surface area contributed by atoms with E-state index in [-0.39, 0.29) is 24.3 Å². The van der Waals surface area contributed by atoms with E-state index in [2.05, 4.69) is 20.1 Å². The Balaban J connectivity index is 1.77. The van der Waals surface area contributed by atoms with Crippen LogP contribution >= 0.6 is 0 Å². The van der Waals surface area contributed by atoms with Crippen molar-refractivity contribution in [1.82, 2.24) is 15.0 Å². The molecule has 1 unspecified atom stereocenters. The first kappa shape index (κ1) is 23.5. The van der Waals surface area contributed by atoms with Crippen molar-refractivity contribution in [3.8, 4) is 17.1 Å². The van der Waals surface area contributed by atoms with Gasteiger partial charge in [0.1, 0.15) is 18.5 Å². The van der Waals surface area contributed by atoms with E-state index in [4.69, 9.17) is 20.4 Å². The van der Waals surface area contributed by atoms with E-state index >= 15 is 0 Å². The molecule has 0 saturated heterocycles. The zero-order valence-corrected chi connectivity index (χ0v) is 18.9. The third-order valence-electron chi connectivity index (χ3n) is 5.67. The van der Waals surface area contributed by atoms with Crippen molar-refractivity contribution in [3.63, 3.8) is 0 Å². The standard InChI is InChI=1S/C24H26FN5O4/c1-13-23-20(29-24(26)27-13)8-14(9-21(23)30-34-12-16(32)11-31)17-7-6-15(25)10-18(17)19-4-3-5-22(28-19)33-2/h3-7,10,14,16,31-32H,8-9,11-12H2,1-2H3,(H2,26,27,29)/b30-21+/t14?,16-/m0/s1. The van der Waals surface area contributed by atoms with E-state index in [1.54, 1.807) is 24.3 Å². The van der Waals surface area contributed by atoms with E-state index in [1.165, 1.54) is 19.2 Å². The van der Waals surface area contributed by atoms with Crippen LogP contribution in [0, 0.1) is 12.7 Å². The molecule has 0 spiro atoms. The molecule has 0 saturated carbocycles. The van der Waals surface area contributed by atoms with Crippen LogP contribution in [-0.2, 0) is 11.3 Å². The summed E-state index contributed by atoms with van der Waals surface area (Å²) < 4.78 is 19.5. The Labute approximate surface area is 196 Å². The number of pyridine rings is 1. The lowest BCUT2D eigenvalue weighted by atomic mass is 9.79. The Bertz CT molecular complexity index is 1220. The third kappa shape index (κ3) is 4.97. The van der Waals surface area contributed by atoms with Gasteiger partial charge in [0.15, 0.2) is 0 Å². The number of aryl methyl sites for hydroxylation is 1. The summed E-state index contributed by atoms with van der Waals surface area (Å²) >= 11 is 0. The SMILES string of the molecule is COc1cccc(-c2cc(F)ccc2C2C/C(=N\OC[C@@H](O)CO)c3c(C)nc(N)nc3C2)n1. The summed E-state index contributed by atoms with van der Waals surface area (Å²) in [6.45, 7) is 1.22. The Morgan fingerprint density at radius 1 is 1.21 bits per heavy atom. The van der Waals surface area contributed by atoms with Crippen LogP contribution < -0.4 is 10.5 Å². The van der Waals surface area contributed by atoms with Crippen LogP contribution in [0.3, 0.4) is 0 Å². The molecule has 178 valence electrons. The zero-order valence-electron chi connectivity index (χ0n) is 18.9. The predicted molar refractivity (Wildman–Crippen MR) is 124 cm³/mol. The van der Waals surface area contributed by atoms with Crippen LogP contribution in [0.5, 0.6) is 5.88 Å². The maximum Gasteiger partial charge on any atom is 0.220 e. The molecule has 2 atom stereocenters. The molecular formula is C24H26FN5O4. The van der Waals surface area contributed by atoms with Gasteiger partial charge in [-0.1, -0.05) is 17.3 Å². The van der Waals surface area contributed by atoms with Gasteiger partial charge in [0, 0.05) is 23.6 Å². The molecule has 0 bridgehead atoms. The molecule has 9 nitrogen and oxygen atoms in total. The fraction of sp³-hybridized carbons (Fsp3) is 0.333. The van der Waals surface area contributed by atoms with Gasteiger partial charge < -0.3 is 25.5 Å². The van der Waals surface area contributed by atoms with E-state index in [0.29, 0.717) is 47.1 Å². The summed E-state index contributed by atoms with van der Waals surface area (Å²) in [6, 6.07) is 9.94. The first-order chi connectivity index (χ1) is 16.4.